The first-order valence-electron chi connectivity index (χ1n) is 7.76. The number of phenols is 1. The van der Waals surface area contributed by atoms with E-state index in [2.05, 4.69) is 0 Å². The summed E-state index contributed by atoms with van der Waals surface area (Å²) in [5.41, 5.74) is 7.66. The van der Waals surface area contributed by atoms with Crippen molar-refractivity contribution in [2.24, 2.45) is 5.73 Å². The molecule has 0 fully saturated rings. The van der Waals surface area contributed by atoms with Crippen LogP contribution in [0.1, 0.15) is 58.2 Å². The van der Waals surface area contributed by atoms with Gasteiger partial charge in [0.25, 0.3) is 0 Å². The number of nitrogens with two attached hydrogens (primary N) is 1. The van der Waals surface area contributed by atoms with Gasteiger partial charge in [0, 0.05) is 0 Å². The number of rotatable bonds is 5. The molecule has 0 saturated heterocycles. The van der Waals surface area contributed by atoms with Gasteiger partial charge in [-0.15, -0.1) is 11.8 Å². The number of aromatic hydroxyl groups is 1. The summed E-state index contributed by atoms with van der Waals surface area (Å²) in [6, 6.07) is 3.89. The molecule has 1 rings (SSSR count). The third-order valence-electron chi connectivity index (χ3n) is 3.80. The lowest BCUT2D eigenvalue weighted by Crippen LogP contribution is -2.28. The van der Waals surface area contributed by atoms with Crippen LogP contribution in [0.15, 0.2) is 12.1 Å². The number of phenolic OH excluding ortho intramolecular Hbond substituents is 1. The number of hydrogen-bond donors (Lipinski definition) is 3. The van der Waals surface area contributed by atoms with Crippen LogP contribution in [0.4, 0.5) is 0 Å². The van der Waals surface area contributed by atoms with Gasteiger partial charge < -0.3 is 15.9 Å². The van der Waals surface area contributed by atoms with E-state index in [4.69, 9.17) is 10.8 Å². The molecule has 0 radical (unpaired) electrons. The number of amides is 1. The van der Waals surface area contributed by atoms with Crippen molar-refractivity contribution >= 4 is 17.7 Å². The van der Waals surface area contributed by atoms with Gasteiger partial charge in [-0.3, -0.25) is 4.79 Å². The Hall–Kier alpha value is -1.20. The van der Waals surface area contributed by atoms with Crippen molar-refractivity contribution in [2.75, 3.05) is 5.94 Å². The SMILES string of the molecule is CC(C)(C)c1cc(CC(SCO)C(N)=O)cc(C(C)(C)C)c1O. The molecule has 1 aromatic carbocycles. The van der Waals surface area contributed by atoms with E-state index >= 15 is 0 Å². The van der Waals surface area contributed by atoms with Gasteiger partial charge >= 0.3 is 0 Å². The van der Waals surface area contributed by atoms with Gasteiger partial charge in [0.1, 0.15) is 5.75 Å². The third kappa shape index (κ3) is 5.15. The van der Waals surface area contributed by atoms with Crippen LogP contribution in [-0.2, 0) is 22.0 Å². The van der Waals surface area contributed by atoms with E-state index in [-0.39, 0.29) is 16.8 Å². The number of thioether (sulfide) groups is 1. The third-order valence-corrected chi connectivity index (χ3v) is 4.75. The van der Waals surface area contributed by atoms with E-state index in [1.165, 1.54) is 0 Å². The first-order chi connectivity index (χ1) is 10.4. The summed E-state index contributed by atoms with van der Waals surface area (Å²) in [6.45, 7) is 12.3. The molecule has 0 aromatic heterocycles. The molecular formula is C18H29NO3S. The van der Waals surface area contributed by atoms with Crippen molar-refractivity contribution in [1.82, 2.24) is 0 Å². The van der Waals surface area contributed by atoms with Crippen LogP contribution >= 0.6 is 11.8 Å². The highest BCUT2D eigenvalue weighted by atomic mass is 32.2. The molecule has 4 nitrogen and oxygen atoms in total. The summed E-state index contributed by atoms with van der Waals surface area (Å²) in [5.74, 6) is -0.268. The zero-order valence-corrected chi connectivity index (χ0v) is 15.8. The van der Waals surface area contributed by atoms with Crippen molar-refractivity contribution in [1.29, 1.82) is 0 Å². The number of carbonyl (C=O) groups is 1. The normalized spacial score (nSPS) is 13.9. The van der Waals surface area contributed by atoms with Gasteiger partial charge in [-0.2, -0.15) is 0 Å². The first-order valence-corrected chi connectivity index (χ1v) is 8.81. The summed E-state index contributed by atoms with van der Waals surface area (Å²) in [5, 5.41) is 19.3. The molecule has 0 aliphatic heterocycles. The summed E-state index contributed by atoms with van der Waals surface area (Å²) < 4.78 is 0. The quantitative estimate of drug-likeness (QED) is 0.720. The van der Waals surface area contributed by atoms with E-state index in [1.54, 1.807) is 0 Å². The zero-order chi connectivity index (χ0) is 18.0. The molecule has 0 spiro atoms. The Morgan fingerprint density at radius 2 is 1.57 bits per heavy atom. The first kappa shape index (κ1) is 19.8. The van der Waals surface area contributed by atoms with E-state index in [0.717, 1.165) is 28.5 Å². The minimum Gasteiger partial charge on any atom is -0.507 e. The number of carbonyl (C=O) groups excluding carboxylic acids is 1. The number of hydrogen-bond acceptors (Lipinski definition) is 4. The van der Waals surface area contributed by atoms with Gasteiger partial charge in [-0.05, 0) is 33.9 Å². The van der Waals surface area contributed by atoms with Gasteiger partial charge in [-0.25, -0.2) is 0 Å². The fourth-order valence-electron chi connectivity index (χ4n) is 2.50. The molecule has 130 valence electrons. The largest absolute Gasteiger partial charge is 0.507 e. The summed E-state index contributed by atoms with van der Waals surface area (Å²) in [4.78, 5) is 11.6. The monoisotopic (exact) mass is 339 g/mol. The van der Waals surface area contributed by atoms with Crippen LogP contribution in [-0.4, -0.2) is 27.3 Å². The molecule has 1 atom stereocenters. The van der Waals surface area contributed by atoms with Crippen molar-refractivity contribution in [3.63, 3.8) is 0 Å². The Bertz CT molecular complexity index is 536. The van der Waals surface area contributed by atoms with Crippen LogP contribution in [0.2, 0.25) is 0 Å². The highest BCUT2D eigenvalue weighted by molar-refractivity contribution is 8.00. The average Bonchev–Trinajstić information content (AvgIpc) is 2.37. The molecule has 0 aliphatic rings. The second-order valence-corrected chi connectivity index (χ2v) is 9.09. The van der Waals surface area contributed by atoms with E-state index in [1.807, 2.05) is 53.7 Å². The average molecular weight is 340 g/mol. The van der Waals surface area contributed by atoms with Crippen LogP contribution in [0.5, 0.6) is 5.75 Å². The Kier molecular flexibility index (Phi) is 6.16. The Morgan fingerprint density at radius 3 is 1.87 bits per heavy atom. The van der Waals surface area contributed by atoms with E-state index in [0.29, 0.717) is 12.2 Å². The Morgan fingerprint density at radius 1 is 1.13 bits per heavy atom. The molecule has 0 heterocycles. The van der Waals surface area contributed by atoms with Crippen molar-refractivity contribution in [3.05, 3.63) is 28.8 Å². The zero-order valence-electron chi connectivity index (χ0n) is 14.9. The Balaban J connectivity index is 3.41. The van der Waals surface area contributed by atoms with Crippen molar-refractivity contribution in [2.45, 2.75) is 64.0 Å². The molecule has 5 heteroatoms. The maximum atomic E-state index is 11.6. The molecule has 0 saturated carbocycles. The van der Waals surface area contributed by atoms with Gasteiger partial charge in [0.15, 0.2) is 0 Å². The number of benzene rings is 1. The molecule has 23 heavy (non-hydrogen) atoms. The van der Waals surface area contributed by atoms with Crippen LogP contribution in [0, 0.1) is 0 Å². The van der Waals surface area contributed by atoms with Gasteiger partial charge in [0.05, 0.1) is 11.2 Å². The van der Waals surface area contributed by atoms with Crippen LogP contribution in [0.3, 0.4) is 0 Å². The minimum absolute atomic E-state index is 0.149. The molecular weight excluding hydrogens is 310 g/mol. The fraction of sp³-hybridized carbons (Fsp3) is 0.611. The maximum Gasteiger partial charge on any atom is 0.230 e. The Labute approximate surface area is 143 Å². The lowest BCUT2D eigenvalue weighted by Gasteiger charge is -2.28. The van der Waals surface area contributed by atoms with Gasteiger partial charge in [0.2, 0.25) is 5.91 Å². The number of primary amides is 1. The molecule has 1 aromatic rings. The molecule has 4 N–H and O–H groups in total. The maximum absolute atomic E-state index is 11.6. The smallest absolute Gasteiger partial charge is 0.230 e. The number of aliphatic hydroxyl groups is 1. The van der Waals surface area contributed by atoms with Gasteiger partial charge in [-0.1, -0.05) is 53.7 Å². The lowest BCUT2D eigenvalue weighted by molar-refractivity contribution is -0.117. The second-order valence-electron chi connectivity index (χ2n) is 7.93. The molecule has 0 aliphatic carbocycles. The summed E-state index contributed by atoms with van der Waals surface area (Å²) in [7, 11) is 0. The lowest BCUT2D eigenvalue weighted by atomic mass is 9.78. The van der Waals surface area contributed by atoms with Crippen LogP contribution in [0.25, 0.3) is 0 Å². The van der Waals surface area contributed by atoms with Crippen molar-refractivity contribution in [3.8, 4) is 5.75 Å². The second kappa shape index (κ2) is 7.14. The highest BCUT2D eigenvalue weighted by Gasteiger charge is 2.27. The summed E-state index contributed by atoms with van der Waals surface area (Å²) >= 11 is 1.13. The highest BCUT2D eigenvalue weighted by Crippen LogP contribution is 2.40. The topological polar surface area (TPSA) is 83.5 Å². The van der Waals surface area contributed by atoms with Crippen LogP contribution < -0.4 is 5.73 Å². The molecule has 0 bridgehead atoms. The van der Waals surface area contributed by atoms with E-state index < -0.39 is 11.2 Å². The fourth-order valence-corrected chi connectivity index (χ4v) is 3.16. The minimum atomic E-state index is -0.481. The van der Waals surface area contributed by atoms with E-state index in [9.17, 15) is 9.90 Å². The standard InChI is InChI=1S/C18H29NO3S/c1-17(2,3)12-7-11(9-14(16(19)22)23-10-20)8-13(15(12)21)18(4,5)6/h7-8,14,20-21H,9-10H2,1-6H3,(H2,19,22). The predicted molar refractivity (Wildman–Crippen MR) is 96.9 cm³/mol. The predicted octanol–water partition coefficient (Wildman–Crippen LogP) is 3.07. The summed E-state index contributed by atoms with van der Waals surface area (Å²) in [6.07, 6.45) is 0.438. The molecule has 1 unspecified atom stereocenters. The molecule has 1 amide bonds. The van der Waals surface area contributed by atoms with Crippen molar-refractivity contribution < 1.29 is 15.0 Å². The number of aliphatic hydroxyl groups excluding tert-OH is 1.